The van der Waals surface area contributed by atoms with E-state index in [-0.39, 0.29) is 0 Å². The predicted molar refractivity (Wildman–Crippen MR) is 86.8 cm³/mol. The topological polar surface area (TPSA) is 24.5 Å². The molecule has 1 saturated heterocycles. The van der Waals surface area contributed by atoms with Crippen LogP contribution in [0.2, 0.25) is 0 Å². The monoisotopic (exact) mass is 288 g/mol. The lowest BCUT2D eigenvalue weighted by Gasteiger charge is -2.32. The Balaban J connectivity index is 1.75. The maximum atomic E-state index is 5.84. The standard InChI is InChI=1S/C18H28N2O/c1-3-21-18-9-5-4-8-17(18)14(2)20(16-10-11-16)13-15-7-6-12-19-15/h4-5,8-9,14-16,19H,3,6-7,10-13H2,1-2H3. The van der Waals surface area contributed by atoms with Gasteiger partial charge in [0.15, 0.2) is 0 Å². The maximum Gasteiger partial charge on any atom is 0.124 e. The third-order valence-corrected chi connectivity index (χ3v) is 4.78. The molecule has 3 nitrogen and oxygen atoms in total. The van der Waals surface area contributed by atoms with Gasteiger partial charge in [0.2, 0.25) is 0 Å². The Morgan fingerprint density at radius 1 is 1.29 bits per heavy atom. The van der Waals surface area contributed by atoms with Crippen LogP contribution >= 0.6 is 0 Å². The van der Waals surface area contributed by atoms with E-state index in [0.29, 0.717) is 12.1 Å². The van der Waals surface area contributed by atoms with Crippen LogP contribution in [0.15, 0.2) is 24.3 Å². The summed E-state index contributed by atoms with van der Waals surface area (Å²) in [5.74, 6) is 1.05. The highest BCUT2D eigenvalue weighted by Gasteiger charge is 2.35. The van der Waals surface area contributed by atoms with Gasteiger partial charge in [0.25, 0.3) is 0 Å². The molecule has 1 aromatic rings. The first-order valence-electron chi connectivity index (χ1n) is 8.50. The molecule has 0 bridgehead atoms. The van der Waals surface area contributed by atoms with Crippen LogP contribution < -0.4 is 10.1 Å². The van der Waals surface area contributed by atoms with Crippen LogP contribution in [0.4, 0.5) is 0 Å². The van der Waals surface area contributed by atoms with Crippen molar-refractivity contribution in [2.24, 2.45) is 0 Å². The van der Waals surface area contributed by atoms with Crippen molar-refractivity contribution < 1.29 is 4.74 Å². The van der Waals surface area contributed by atoms with E-state index in [0.717, 1.165) is 18.4 Å². The van der Waals surface area contributed by atoms with Crippen LogP contribution in [0.3, 0.4) is 0 Å². The summed E-state index contributed by atoms with van der Waals surface area (Å²) in [6, 6.07) is 10.4. The number of nitrogens with zero attached hydrogens (tertiary/aromatic N) is 1. The SMILES string of the molecule is CCOc1ccccc1C(C)N(CC1CCCN1)C1CC1. The van der Waals surface area contributed by atoms with Crippen LogP contribution in [0, 0.1) is 0 Å². The lowest BCUT2D eigenvalue weighted by Crippen LogP contribution is -2.40. The van der Waals surface area contributed by atoms with Gasteiger partial charge in [-0.15, -0.1) is 0 Å². The van der Waals surface area contributed by atoms with Crippen molar-refractivity contribution >= 4 is 0 Å². The molecule has 3 heteroatoms. The van der Waals surface area contributed by atoms with E-state index < -0.39 is 0 Å². The predicted octanol–water partition coefficient (Wildman–Crippen LogP) is 3.36. The minimum atomic E-state index is 0.433. The van der Waals surface area contributed by atoms with Crippen molar-refractivity contribution in [2.75, 3.05) is 19.7 Å². The molecule has 0 spiro atoms. The first-order chi connectivity index (χ1) is 10.3. The van der Waals surface area contributed by atoms with Crippen LogP contribution in [0.25, 0.3) is 0 Å². The van der Waals surface area contributed by atoms with E-state index in [9.17, 15) is 0 Å². The second-order valence-electron chi connectivity index (χ2n) is 6.37. The molecule has 1 heterocycles. The summed E-state index contributed by atoms with van der Waals surface area (Å²) in [7, 11) is 0. The average Bonchev–Trinajstić information content (AvgIpc) is 3.21. The molecule has 1 N–H and O–H groups in total. The number of para-hydroxylation sites is 1. The first kappa shape index (κ1) is 14.9. The Hall–Kier alpha value is -1.06. The quantitative estimate of drug-likeness (QED) is 0.832. The molecular weight excluding hydrogens is 260 g/mol. The molecule has 0 radical (unpaired) electrons. The number of ether oxygens (including phenoxy) is 1. The van der Waals surface area contributed by atoms with Crippen LogP contribution in [0.5, 0.6) is 5.75 Å². The fourth-order valence-corrected chi connectivity index (χ4v) is 3.49. The van der Waals surface area contributed by atoms with E-state index in [1.807, 2.05) is 0 Å². The zero-order chi connectivity index (χ0) is 14.7. The molecule has 0 aromatic heterocycles. The van der Waals surface area contributed by atoms with E-state index in [4.69, 9.17) is 4.74 Å². The molecule has 21 heavy (non-hydrogen) atoms. The molecule has 1 aliphatic heterocycles. The summed E-state index contributed by atoms with van der Waals surface area (Å²) in [4.78, 5) is 2.70. The second kappa shape index (κ2) is 6.80. The van der Waals surface area contributed by atoms with Crippen molar-refractivity contribution in [1.29, 1.82) is 0 Å². The zero-order valence-corrected chi connectivity index (χ0v) is 13.3. The van der Waals surface area contributed by atoms with Gasteiger partial charge in [-0.25, -0.2) is 0 Å². The van der Waals surface area contributed by atoms with Crippen molar-refractivity contribution in [3.63, 3.8) is 0 Å². The number of rotatable bonds is 7. The Kier molecular flexibility index (Phi) is 4.81. The van der Waals surface area contributed by atoms with Crippen molar-refractivity contribution in [3.05, 3.63) is 29.8 Å². The molecule has 3 rings (SSSR count). The van der Waals surface area contributed by atoms with Crippen molar-refractivity contribution in [3.8, 4) is 5.75 Å². The maximum absolute atomic E-state index is 5.84. The van der Waals surface area contributed by atoms with Crippen molar-refractivity contribution in [1.82, 2.24) is 10.2 Å². The van der Waals surface area contributed by atoms with E-state index in [2.05, 4.69) is 48.3 Å². The molecule has 1 aliphatic carbocycles. The third-order valence-electron chi connectivity index (χ3n) is 4.78. The minimum absolute atomic E-state index is 0.433. The second-order valence-corrected chi connectivity index (χ2v) is 6.37. The summed E-state index contributed by atoms with van der Waals surface area (Å²) in [5.41, 5.74) is 1.34. The third kappa shape index (κ3) is 3.58. The first-order valence-corrected chi connectivity index (χ1v) is 8.50. The highest BCUT2D eigenvalue weighted by Crippen LogP contribution is 2.37. The highest BCUT2D eigenvalue weighted by atomic mass is 16.5. The van der Waals surface area contributed by atoms with Crippen molar-refractivity contribution in [2.45, 2.75) is 57.7 Å². The molecular formula is C18H28N2O. The fraction of sp³-hybridized carbons (Fsp3) is 0.667. The summed E-state index contributed by atoms with van der Waals surface area (Å²) in [5, 5.41) is 3.64. The fourth-order valence-electron chi connectivity index (χ4n) is 3.49. The lowest BCUT2D eigenvalue weighted by atomic mass is 10.0. The molecule has 2 aliphatic rings. The van der Waals surface area contributed by atoms with Gasteiger partial charge in [0.1, 0.15) is 5.75 Å². The number of hydrogen-bond donors (Lipinski definition) is 1. The Labute approximate surface area is 128 Å². The smallest absolute Gasteiger partial charge is 0.124 e. The van der Waals surface area contributed by atoms with Crippen LogP contribution in [0.1, 0.15) is 51.1 Å². The Bertz CT molecular complexity index is 452. The summed E-state index contributed by atoms with van der Waals surface area (Å²) < 4.78 is 5.84. The van der Waals surface area contributed by atoms with Gasteiger partial charge in [0, 0.05) is 30.2 Å². The molecule has 1 aromatic carbocycles. The molecule has 1 saturated carbocycles. The van der Waals surface area contributed by atoms with Gasteiger partial charge in [-0.3, -0.25) is 4.90 Å². The molecule has 0 amide bonds. The molecule has 2 atom stereocenters. The Morgan fingerprint density at radius 2 is 2.10 bits per heavy atom. The lowest BCUT2D eigenvalue weighted by molar-refractivity contribution is 0.178. The van der Waals surface area contributed by atoms with Crippen LogP contribution in [-0.4, -0.2) is 36.7 Å². The van der Waals surface area contributed by atoms with E-state index in [1.54, 1.807) is 0 Å². The van der Waals surface area contributed by atoms with E-state index in [1.165, 1.54) is 44.3 Å². The van der Waals surface area contributed by atoms with Gasteiger partial charge in [0.05, 0.1) is 6.61 Å². The van der Waals surface area contributed by atoms with Gasteiger partial charge in [-0.2, -0.15) is 0 Å². The zero-order valence-electron chi connectivity index (χ0n) is 13.3. The molecule has 2 fully saturated rings. The van der Waals surface area contributed by atoms with Gasteiger partial charge in [-0.05, 0) is 52.1 Å². The summed E-state index contributed by atoms with van der Waals surface area (Å²) in [6.07, 6.45) is 5.36. The largest absolute Gasteiger partial charge is 0.494 e. The Morgan fingerprint density at radius 3 is 2.76 bits per heavy atom. The van der Waals surface area contributed by atoms with E-state index >= 15 is 0 Å². The normalized spacial score (nSPS) is 23.5. The van der Waals surface area contributed by atoms with Gasteiger partial charge < -0.3 is 10.1 Å². The van der Waals surface area contributed by atoms with Gasteiger partial charge >= 0.3 is 0 Å². The minimum Gasteiger partial charge on any atom is -0.494 e. The summed E-state index contributed by atoms with van der Waals surface area (Å²) >= 11 is 0. The van der Waals surface area contributed by atoms with Gasteiger partial charge in [-0.1, -0.05) is 18.2 Å². The van der Waals surface area contributed by atoms with Crippen LogP contribution in [-0.2, 0) is 0 Å². The number of benzene rings is 1. The highest BCUT2D eigenvalue weighted by molar-refractivity contribution is 5.36. The molecule has 116 valence electrons. The number of hydrogen-bond acceptors (Lipinski definition) is 3. The molecule has 2 unspecified atom stereocenters. The average molecular weight is 288 g/mol. The number of nitrogens with one attached hydrogen (secondary N) is 1. The summed E-state index contributed by atoms with van der Waals surface area (Å²) in [6.45, 7) is 7.49.